The Bertz CT molecular complexity index is 348. The molecule has 0 bridgehead atoms. The maximum Gasteiger partial charge on any atom is 0.274 e. The molecule has 0 spiro atoms. The number of carbonyl (C=O) groups is 1. The first-order valence-electron chi connectivity index (χ1n) is 5.41. The second kappa shape index (κ2) is 6.77. The molecule has 0 aliphatic carbocycles. The largest absolute Gasteiger partial charge is 0.395 e. The first-order chi connectivity index (χ1) is 8.22. The van der Waals surface area contributed by atoms with E-state index in [-0.39, 0.29) is 18.2 Å². The summed E-state index contributed by atoms with van der Waals surface area (Å²) in [6.07, 6.45) is 3.56. The van der Waals surface area contributed by atoms with E-state index in [0.717, 1.165) is 6.42 Å². The fourth-order valence-electron chi connectivity index (χ4n) is 1.38. The minimum Gasteiger partial charge on any atom is -0.395 e. The molecule has 0 radical (unpaired) electrons. The van der Waals surface area contributed by atoms with Crippen LogP contribution in [0.15, 0.2) is 12.4 Å². The lowest BCUT2D eigenvalue weighted by Gasteiger charge is -2.20. The van der Waals surface area contributed by atoms with Crippen molar-refractivity contribution in [1.82, 2.24) is 14.9 Å². The first kappa shape index (κ1) is 13.3. The van der Waals surface area contributed by atoms with E-state index < -0.39 is 0 Å². The van der Waals surface area contributed by atoms with Crippen LogP contribution in [0.4, 0.5) is 5.82 Å². The number of aromatic nitrogens is 2. The summed E-state index contributed by atoms with van der Waals surface area (Å²) >= 11 is 0. The Kier molecular flexibility index (Phi) is 5.31. The van der Waals surface area contributed by atoms with Gasteiger partial charge in [-0.25, -0.2) is 15.8 Å². The minimum absolute atomic E-state index is 0.0678. The number of carbonyl (C=O) groups excluding carboxylic acids is 1. The van der Waals surface area contributed by atoms with Gasteiger partial charge in [0.05, 0.1) is 19.0 Å². The standard InChI is InChI=1S/C10H17N5O2/c1-2-3-15(4-5-16)10(17)8-6-13-9(14-11)7-12-8/h6-7,16H,2-5,11H2,1H3,(H,13,14). The highest BCUT2D eigenvalue weighted by molar-refractivity contribution is 5.92. The Morgan fingerprint density at radius 2 is 2.24 bits per heavy atom. The van der Waals surface area contributed by atoms with Gasteiger partial charge in [0.15, 0.2) is 5.82 Å². The topological polar surface area (TPSA) is 104 Å². The number of anilines is 1. The lowest BCUT2D eigenvalue weighted by Crippen LogP contribution is -2.34. The van der Waals surface area contributed by atoms with Crippen molar-refractivity contribution in [2.24, 2.45) is 5.84 Å². The quantitative estimate of drug-likeness (QED) is 0.461. The Morgan fingerprint density at radius 3 is 2.71 bits per heavy atom. The van der Waals surface area contributed by atoms with Crippen LogP contribution >= 0.6 is 0 Å². The molecule has 1 aromatic heterocycles. The first-order valence-corrected chi connectivity index (χ1v) is 5.41. The van der Waals surface area contributed by atoms with Crippen molar-refractivity contribution >= 4 is 11.7 Å². The second-order valence-electron chi connectivity index (χ2n) is 3.45. The Morgan fingerprint density at radius 1 is 1.47 bits per heavy atom. The number of nitrogens with one attached hydrogen (secondary N) is 1. The van der Waals surface area contributed by atoms with E-state index in [1.807, 2.05) is 6.92 Å². The monoisotopic (exact) mass is 239 g/mol. The number of aliphatic hydroxyl groups excluding tert-OH is 1. The number of nitrogen functional groups attached to an aromatic ring is 1. The summed E-state index contributed by atoms with van der Waals surface area (Å²) in [7, 11) is 0. The number of hydrogen-bond donors (Lipinski definition) is 3. The number of hydrogen-bond acceptors (Lipinski definition) is 6. The van der Waals surface area contributed by atoms with Crippen LogP contribution in [0.25, 0.3) is 0 Å². The summed E-state index contributed by atoms with van der Waals surface area (Å²) in [6, 6.07) is 0. The number of hydrazine groups is 1. The molecule has 0 saturated heterocycles. The average Bonchev–Trinajstić information content (AvgIpc) is 2.38. The molecule has 1 heterocycles. The predicted molar refractivity (Wildman–Crippen MR) is 63.1 cm³/mol. The summed E-state index contributed by atoms with van der Waals surface area (Å²) in [5.41, 5.74) is 2.58. The highest BCUT2D eigenvalue weighted by atomic mass is 16.3. The molecule has 4 N–H and O–H groups in total. The normalized spacial score (nSPS) is 10.1. The third kappa shape index (κ3) is 3.65. The molecule has 0 fully saturated rings. The van der Waals surface area contributed by atoms with Crippen molar-refractivity contribution in [2.75, 3.05) is 25.1 Å². The van der Waals surface area contributed by atoms with Gasteiger partial charge >= 0.3 is 0 Å². The predicted octanol–water partition coefficient (Wildman–Crippen LogP) is -0.393. The Labute approximate surface area is 99.6 Å². The number of nitrogens with two attached hydrogens (primary N) is 1. The van der Waals surface area contributed by atoms with Crippen LogP contribution in [0.3, 0.4) is 0 Å². The van der Waals surface area contributed by atoms with E-state index in [2.05, 4.69) is 15.4 Å². The molecule has 1 rings (SSSR count). The molecule has 0 atom stereocenters. The highest BCUT2D eigenvalue weighted by Crippen LogP contribution is 2.04. The fraction of sp³-hybridized carbons (Fsp3) is 0.500. The summed E-state index contributed by atoms with van der Waals surface area (Å²) in [4.78, 5) is 21.4. The summed E-state index contributed by atoms with van der Waals surface area (Å²) in [6.45, 7) is 2.77. The van der Waals surface area contributed by atoms with Gasteiger partial charge in [0.1, 0.15) is 5.69 Å². The van der Waals surface area contributed by atoms with Crippen LogP contribution in [0, 0.1) is 0 Å². The molecule has 94 valence electrons. The van der Waals surface area contributed by atoms with Gasteiger partial charge in [-0.1, -0.05) is 6.92 Å². The van der Waals surface area contributed by atoms with Crippen LogP contribution in [-0.2, 0) is 0 Å². The van der Waals surface area contributed by atoms with Crippen LogP contribution in [0.1, 0.15) is 23.8 Å². The maximum absolute atomic E-state index is 12.0. The molecule has 0 aliphatic rings. The molecule has 0 aliphatic heterocycles. The number of rotatable bonds is 6. The SMILES string of the molecule is CCCN(CCO)C(=O)c1cnc(NN)cn1. The van der Waals surface area contributed by atoms with Crippen molar-refractivity contribution in [3.05, 3.63) is 18.1 Å². The molecule has 1 aromatic rings. The van der Waals surface area contributed by atoms with Gasteiger partial charge in [0, 0.05) is 13.1 Å². The molecular weight excluding hydrogens is 222 g/mol. The van der Waals surface area contributed by atoms with E-state index in [0.29, 0.717) is 18.9 Å². The van der Waals surface area contributed by atoms with E-state index >= 15 is 0 Å². The zero-order valence-corrected chi connectivity index (χ0v) is 9.76. The smallest absolute Gasteiger partial charge is 0.274 e. The second-order valence-corrected chi connectivity index (χ2v) is 3.45. The third-order valence-electron chi connectivity index (χ3n) is 2.17. The maximum atomic E-state index is 12.0. The number of nitrogens with zero attached hydrogens (tertiary/aromatic N) is 3. The summed E-state index contributed by atoms with van der Waals surface area (Å²) in [5, 5.41) is 8.88. The zero-order chi connectivity index (χ0) is 12.7. The number of amides is 1. The van der Waals surface area contributed by atoms with Gasteiger partial charge in [-0.3, -0.25) is 4.79 Å². The van der Waals surface area contributed by atoms with E-state index in [1.165, 1.54) is 12.4 Å². The van der Waals surface area contributed by atoms with Crippen molar-refractivity contribution in [2.45, 2.75) is 13.3 Å². The Balaban J connectivity index is 2.77. The van der Waals surface area contributed by atoms with Gasteiger partial charge in [0.25, 0.3) is 5.91 Å². The van der Waals surface area contributed by atoms with E-state index in [4.69, 9.17) is 10.9 Å². The van der Waals surface area contributed by atoms with Gasteiger partial charge in [0.2, 0.25) is 0 Å². The van der Waals surface area contributed by atoms with Crippen LogP contribution < -0.4 is 11.3 Å². The van der Waals surface area contributed by atoms with Crippen molar-refractivity contribution in [1.29, 1.82) is 0 Å². The minimum atomic E-state index is -0.239. The van der Waals surface area contributed by atoms with Crippen LogP contribution in [0.5, 0.6) is 0 Å². The number of aliphatic hydroxyl groups is 1. The van der Waals surface area contributed by atoms with Crippen molar-refractivity contribution < 1.29 is 9.90 Å². The summed E-state index contributed by atoms with van der Waals surface area (Å²) in [5.74, 6) is 5.31. The molecule has 0 unspecified atom stereocenters. The molecule has 17 heavy (non-hydrogen) atoms. The van der Waals surface area contributed by atoms with Crippen molar-refractivity contribution in [3.8, 4) is 0 Å². The summed E-state index contributed by atoms with van der Waals surface area (Å²) < 4.78 is 0. The lowest BCUT2D eigenvalue weighted by molar-refractivity contribution is 0.0715. The third-order valence-corrected chi connectivity index (χ3v) is 2.17. The molecule has 7 heteroatoms. The van der Waals surface area contributed by atoms with Crippen molar-refractivity contribution in [3.63, 3.8) is 0 Å². The molecule has 0 aromatic carbocycles. The average molecular weight is 239 g/mol. The fourth-order valence-corrected chi connectivity index (χ4v) is 1.38. The van der Waals surface area contributed by atoms with Gasteiger partial charge < -0.3 is 15.4 Å². The highest BCUT2D eigenvalue weighted by Gasteiger charge is 2.15. The zero-order valence-electron chi connectivity index (χ0n) is 9.76. The molecule has 1 amide bonds. The molecule has 0 saturated carbocycles. The van der Waals surface area contributed by atoms with Gasteiger partial charge in [-0.2, -0.15) is 0 Å². The van der Waals surface area contributed by atoms with Gasteiger partial charge in [-0.15, -0.1) is 0 Å². The van der Waals surface area contributed by atoms with E-state index in [9.17, 15) is 4.79 Å². The molecule has 7 nitrogen and oxygen atoms in total. The van der Waals surface area contributed by atoms with E-state index in [1.54, 1.807) is 4.90 Å². The van der Waals surface area contributed by atoms with Crippen LogP contribution in [-0.4, -0.2) is 45.6 Å². The Hall–Kier alpha value is -1.73. The van der Waals surface area contributed by atoms with Gasteiger partial charge in [-0.05, 0) is 6.42 Å². The van der Waals surface area contributed by atoms with Crippen LogP contribution in [0.2, 0.25) is 0 Å². The lowest BCUT2D eigenvalue weighted by atomic mass is 10.3. The molecular formula is C10H17N5O2.